The molecule has 2 saturated heterocycles. The molecule has 3 aromatic rings. The lowest BCUT2D eigenvalue weighted by molar-refractivity contribution is -0.350. The van der Waals surface area contributed by atoms with E-state index < -0.39 is 84.5 Å². The Morgan fingerprint density at radius 3 is 1.96 bits per heavy atom. The first-order valence-corrected chi connectivity index (χ1v) is 13.2. The van der Waals surface area contributed by atoms with Crippen LogP contribution in [-0.2, 0) is 23.8 Å². The number of benzene rings is 2. The molecule has 0 spiro atoms. The monoisotopic (exact) mass is 636 g/mol. The van der Waals surface area contributed by atoms with Gasteiger partial charge in [-0.1, -0.05) is 0 Å². The number of fused-ring (bicyclic) bond motifs is 1. The number of rotatable bonds is 8. The minimum absolute atomic E-state index is 0.100. The summed E-state index contributed by atoms with van der Waals surface area (Å²) < 4.78 is 32.5. The summed E-state index contributed by atoms with van der Waals surface area (Å²) in [5.41, 5.74) is -0.327. The topological polar surface area (TPSA) is 272 Å². The van der Waals surface area contributed by atoms with Crippen molar-refractivity contribution in [2.45, 2.75) is 61.4 Å². The van der Waals surface area contributed by atoms with Crippen molar-refractivity contribution in [1.29, 1.82) is 0 Å². The van der Waals surface area contributed by atoms with Crippen molar-refractivity contribution >= 4 is 22.9 Å². The molecule has 0 radical (unpaired) electrons. The first-order valence-electron chi connectivity index (χ1n) is 13.2. The Labute approximate surface area is 251 Å². The van der Waals surface area contributed by atoms with Gasteiger partial charge in [0.1, 0.15) is 64.5 Å². The fourth-order valence-electron chi connectivity index (χ4n) is 4.94. The SMILES string of the molecule is COc1ccc(-c2cc(=O)c3c(O)cc(O[C@@H]4O[C@H](C(=O)O)[C@@H](O)[C@H](O)[C@H]4O[C@@H]4O[C@H](C(=O)O)[C@@H](O)[C@H](O)[C@H]4O)cc3o2)cc1. The van der Waals surface area contributed by atoms with Crippen LogP contribution in [-0.4, -0.2) is 121 Å². The van der Waals surface area contributed by atoms with E-state index in [1.54, 1.807) is 24.3 Å². The molecule has 2 aromatic carbocycles. The van der Waals surface area contributed by atoms with Gasteiger partial charge >= 0.3 is 11.9 Å². The number of hydrogen-bond acceptors (Lipinski definition) is 15. The van der Waals surface area contributed by atoms with Gasteiger partial charge in [-0.05, 0) is 24.3 Å². The van der Waals surface area contributed by atoms with Gasteiger partial charge in [0.05, 0.1) is 7.11 Å². The minimum atomic E-state index is -2.14. The first-order chi connectivity index (χ1) is 21.3. The molecule has 0 amide bonds. The van der Waals surface area contributed by atoms with Gasteiger partial charge in [-0.15, -0.1) is 0 Å². The summed E-state index contributed by atoms with van der Waals surface area (Å²) in [6.07, 6.45) is -20.7. The molecule has 8 N–H and O–H groups in total. The molecule has 0 saturated carbocycles. The normalized spacial score (nSPS) is 31.8. The average Bonchev–Trinajstić information content (AvgIpc) is 2.99. The number of aliphatic hydroxyl groups excluding tert-OH is 5. The van der Waals surface area contributed by atoms with Crippen LogP contribution in [0.2, 0.25) is 0 Å². The van der Waals surface area contributed by atoms with Gasteiger partial charge < -0.3 is 69.0 Å². The lowest BCUT2D eigenvalue weighted by atomic mass is 9.97. The molecule has 17 nitrogen and oxygen atoms in total. The Morgan fingerprint density at radius 2 is 1.36 bits per heavy atom. The Hall–Kier alpha value is -4.33. The molecule has 17 heteroatoms. The lowest BCUT2D eigenvalue weighted by Gasteiger charge is -2.44. The number of ether oxygens (including phenoxy) is 5. The molecule has 3 heterocycles. The molecule has 1 aromatic heterocycles. The van der Waals surface area contributed by atoms with Crippen LogP contribution < -0.4 is 14.9 Å². The highest BCUT2D eigenvalue weighted by Crippen LogP contribution is 2.35. The van der Waals surface area contributed by atoms with Crippen molar-refractivity contribution in [2.75, 3.05) is 7.11 Å². The number of carbonyl (C=O) groups is 2. The van der Waals surface area contributed by atoms with E-state index >= 15 is 0 Å². The number of aromatic hydroxyl groups is 1. The van der Waals surface area contributed by atoms with E-state index in [2.05, 4.69) is 0 Å². The second-order valence-corrected chi connectivity index (χ2v) is 10.2. The van der Waals surface area contributed by atoms with Crippen LogP contribution in [0.15, 0.2) is 51.7 Å². The number of carboxylic acid groups (broad SMARTS) is 2. The number of aliphatic carboxylic acids is 2. The van der Waals surface area contributed by atoms with Crippen molar-refractivity contribution < 1.29 is 78.5 Å². The first kappa shape index (κ1) is 32.1. The summed E-state index contributed by atoms with van der Waals surface area (Å²) in [6, 6.07) is 9.73. The summed E-state index contributed by atoms with van der Waals surface area (Å²) in [5, 5.41) is 80.9. The second kappa shape index (κ2) is 12.6. The van der Waals surface area contributed by atoms with Crippen molar-refractivity contribution in [3.63, 3.8) is 0 Å². The van der Waals surface area contributed by atoms with E-state index in [1.807, 2.05) is 0 Å². The number of carboxylic acids is 2. The Balaban J connectivity index is 1.49. The molecule has 45 heavy (non-hydrogen) atoms. The minimum Gasteiger partial charge on any atom is -0.507 e. The molecule has 5 rings (SSSR count). The van der Waals surface area contributed by atoms with E-state index in [9.17, 15) is 55.2 Å². The summed E-state index contributed by atoms with van der Waals surface area (Å²) in [6.45, 7) is 0. The van der Waals surface area contributed by atoms with Crippen molar-refractivity contribution in [1.82, 2.24) is 0 Å². The molecule has 242 valence electrons. The van der Waals surface area contributed by atoms with Crippen LogP contribution in [0.4, 0.5) is 0 Å². The quantitative estimate of drug-likeness (QED) is 0.138. The zero-order chi connectivity index (χ0) is 32.7. The van der Waals surface area contributed by atoms with Gasteiger partial charge in [-0.25, -0.2) is 9.59 Å². The van der Waals surface area contributed by atoms with Gasteiger partial charge in [0.25, 0.3) is 0 Å². The number of phenols is 1. The maximum absolute atomic E-state index is 12.9. The highest BCUT2D eigenvalue weighted by Gasteiger charge is 2.54. The van der Waals surface area contributed by atoms with Crippen LogP contribution in [0.1, 0.15) is 0 Å². The molecule has 2 aliphatic heterocycles. The summed E-state index contributed by atoms with van der Waals surface area (Å²) in [5.74, 6) is -3.74. The third kappa shape index (κ3) is 6.15. The number of hydrogen-bond donors (Lipinski definition) is 8. The predicted molar refractivity (Wildman–Crippen MR) is 144 cm³/mol. The Morgan fingerprint density at radius 1 is 0.756 bits per heavy atom. The van der Waals surface area contributed by atoms with Crippen molar-refractivity contribution in [3.05, 3.63) is 52.7 Å². The molecule has 0 unspecified atom stereocenters. The van der Waals surface area contributed by atoms with Crippen LogP contribution in [0.5, 0.6) is 17.2 Å². The van der Waals surface area contributed by atoms with E-state index in [1.165, 1.54) is 7.11 Å². The summed E-state index contributed by atoms with van der Waals surface area (Å²) >= 11 is 0. The van der Waals surface area contributed by atoms with Gasteiger partial charge in [0.15, 0.2) is 30.0 Å². The third-order valence-corrected chi connectivity index (χ3v) is 7.30. The van der Waals surface area contributed by atoms with Gasteiger partial charge in [-0.3, -0.25) is 4.79 Å². The van der Waals surface area contributed by atoms with E-state index in [0.29, 0.717) is 11.3 Å². The maximum atomic E-state index is 12.9. The van der Waals surface area contributed by atoms with Crippen molar-refractivity contribution in [3.8, 4) is 28.6 Å². The molecular weight excluding hydrogens is 608 g/mol. The molecule has 2 fully saturated rings. The van der Waals surface area contributed by atoms with Crippen LogP contribution in [0.25, 0.3) is 22.3 Å². The van der Waals surface area contributed by atoms with E-state index in [4.69, 9.17) is 28.1 Å². The summed E-state index contributed by atoms with van der Waals surface area (Å²) in [4.78, 5) is 36.1. The van der Waals surface area contributed by atoms with Crippen LogP contribution in [0.3, 0.4) is 0 Å². The lowest BCUT2D eigenvalue weighted by Crippen LogP contribution is -2.66. The van der Waals surface area contributed by atoms with Gasteiger partial charge in [0.2, 0.25) is 6.29 Å². The number of aliphatic hydroxyl groups is 5. The van der Waals surface area contributed by atoms with Crippen LogP contribution >= 0.6 is 0 Å². The molecule has 0 bridgehead atoms. The largest absolute Gasteiger partial charge is 0.507 e. The fraction of sp³-hybridized carbons (Fsp3) is 0.393. The fourth-order valence-corrected chi connectivity index (χ4v) is 4.94. The van der Waals surface area contributed by atoms with E-state index in [0.717, 1.165) is 18.2 Å². The number of phenolic OH excluding ortho intramolecular Hbond substituents is 1. The average molecular weight is 637 g/mol. The van der Waals surface area contributed by atoms with E-state index in [-0.39, 0.29) is 22.5 Å². The Kier molecular flexibility index (Phi) is 8.97. The predicted octanol–water partition coefficient (Wildman–Crippen LogP) is -1.64. The van der Waals surface area contributed by atoms with Crippen LogP contribution in [0, 0.1) is 0 Å². The smallest absolute Gasteiger partial charge is 0.335 e. The maximum Gasteiger partial charge on any atom is 0.335 e. The molecule has 2 aliphatic rings. The third-order valence-electron chi connectivity index (χ3n) is 7.30. The molecular formula is C28H28O17. The zero-order valence-corrected chi connectivity index (χ0v) is 23.1. The molecule has 0 aliphatic carbocycles. The zero-order valence-electron chi connectivity index (χ0n) is 23.1. The highest BCUT2D eigenvalue weighted by atomic mass is 16.8. The Bertz CT molecular complexity index is 1620. The van der Waals surface area contributed by atoms with Gasteiger partial charge in [-0.2, -0.15) is 0 Å². The molecule has 10 atom stereocenters. The van der Waals surface area contributed by atoms with Crippen molar-refractivity contribution in [2.24, 2.45) is 0 Å². The standard InChI is InChI=1S/C28H28O17/c1-40-10-4-2-9(3-5-10)14-8-13(30)16-12(29)6-11(7-15(16)42-14)41-28-24(20(34)19(33)23(44-28)26(38)39)45-27-21(35)17(31)18(32)22(43-27)25(36)37/h2-8,17-24,27-29,31-35H,1H3,(H,36,37)(H,38,39)/t17-,18-,19-,20-,21+,22-,23-,24+,27-,28+/m0/s1. The number of methoxy groups -OCH3 is 1. The second-order valence-electron chi connectivity index (χ2n) is 10.2. The summed E-state index contributed by atoms with van der Waals surface area (Å²) in [7, 11) is 1.48. The van der Waals surface area contributed by atoms with Gasteiger partial charge in [0, 0.05) is 23.8 Å². The highest BCUT2D eigenvalue weighted by molar-refractivity contribution is 5.86.